The van der Waals surface area contributed by atoms with E-state index in [1.807, 2.05) is 29.6 Å². The third kappa shape index (κ3) is 4.38. The first kappa shape index (κ1) is 23.4. The third-order valence-corrected chi connectivity index (χ3v) is 7.54. The zero-order valence-corrected chi connectivity index (χ0v) is 20.3. The number of esters is 2. The molecule has 3 N–H and O–H groups in total. The van der Waals surface area contributed by atoms with Gasteiger partial charge < -0.3 is 25.1 Å². The van der Waals surface area contributed by atoms with Gasteiger partial charge in [0.1, 0.15) is 17.3 Å². The first-order chi connectivity index (χ1) is 16.9. The minimum Gasteiger partial charge on any atom is -0.456 e. The predicted molar refractivity (Wildman–Crippen MR) is 128 cm³/mol. The van der Waals surface area contributed by atoms with E-state index in [1.165, 1.54) is 20.2 Å². The summed E-state index contributed by atoms with van der Waals surface area (Å²) in [7, 11) is 0. The maximum Gasteiger partial charge on any atom is 0.303 e. The number of aliphatic hydroxyl groups is 1. The number of nitrogens with zero attached hydrogens (tertiary/aromatic N) is 4. The molecule has 4 aromatic heterocycles. The van der Waals surface area contributed by atoms with Crippen LogP contribution in [-0.4, -0.2) is 61.5 Å². The number of imidazole rings is 1. The molecule has 1 aliphatic rings. The van der Waals surface area contributed by atoms with E-state index in [2.05, 4.69) is 15.0 Å². The Morgan fingerprint density at radius 1 is 1.11 bits per heavy atom. The van der Waals surface area contributed by atoms with Gasteiger partial charge in [-0.15, -0.1) is 22.7 Å². The molecule has 1 unspecified atom stereocenters. The van der Waals surface area contributed by atoms with Crippen LogP contribution in [0.2, 0.25) is 0 Å². The van der Waals surface area contributed by atoms with E-state index >= 15 is 0 Å². The summed E-state index contributed by atoms with van der Waals surface area (Å²) < 4.78 is 18.3. The van der Waals surface area contributed by atoms with Gasteiger partial charge in [0.15, 0.2) is 24.1 Å². The highest BCUT2D eigenvalue weighted by molar-refractivity contribution is 7.23. The van der Waals surface area contributed by atoms with Gasteiger partial charge in [0, 0.05) is 23.6 Å². The summed E-state index contributed by atoms with van der Waals surface area (Å²) in [6.07, 6.45) is -2.49. The molecule has 4 atom stereocenters. The Balaban J connectivity index is 1.58. The number of aliphatic hydroxyl groups excluding tert-OH is 1. The van der Waals surface area contributed by atoms with Crippen LogP contribution in [0.15, 0.2) is 36.0 Å². The largest absolute Gasteiger partial charge is 0.456 e. The van der Waals surface area contributed by atoms with Crippen molar-refractivity contribution in [2.24, 2.45) is 0 Å². The van der Waals surface area contributed by atoms with Crippen LogP contribution < -0.4 is 5.73 Å². The van der Waals surface area contributed by atoms with Gasteiger partial charge >= 0.3 is 11.9 Å². The number of carbonyl (C=O) groups is 2. The van der Waals surface area contributed by atoms with Gasteiger partial charge in [-0.05, 0) is 23.6 Å². The second kappa shape index (κ2) is 9.34. The molecule has 0 aromatic carbocycles. The second-order valence-corrected chi connectivity index (χ2v) is 9.82. The lowest BCUT2D eigenvalue weighted by atomic mass is 10.1. The van der Waals surface area contributed by atoms with Crippen molar-refractivity contribution in [2.75, 3.05) is 12.3 Å². The van der Waals surface area contributed by atoms with Crippen LogP contribution in [0.1, 0.15) is 20.1 Å². The molecule has 1 saturated heterocycles. The normalized spacial score (nSPS) is 21.9. The molecular formula is C22H21N5O6S2. The number of ether oxygens (including phenoxy) is 3. The molecule has 0 bridgehead atoms. The first-order valence-electron chi connectivity index (χ1n) is 10.6. The molecule has 13 heteroatoms. The molecule has 0 spiro atoms. The van der Waals surface area contributed by atoms with E-state index < -0.39 is 43.1 Å². The van der Waals surface area contributed by atoms with E-state index in [-0.39, 0.29) is 5.95 Å². The first-order valence-corrected chi connectivity index (χ1v) is 12.3. The average molecular weight is 516 g/mol. The Morgan fingerprint density at radius 3 is 2.54 bits per heavy atom. The third-order valence-electron chi connectivity index (χ3n) is 5.39. The maximum absolute atomic E-state index is 11.8. The summed E-state index contributed by atoms with van der Waals surface area (Å²) in [5.41, 5.74) is 7.43. The Morgan fingerprint density at radius 2 is 1.86 bits per heavy atom. The summed E-state index contributed by atoms with van der Waals surface area (Å²) in [5.74, 6) is -1.17. The Labute approximate surface area is 207 Å². The predicted octanol–water partition coefficient (Wildman–Crippen LogP) is 2.62. The van der Waals surface area contributed by atoms with Crippen LogP contribution in [0.25, 0.3) is 31.5 Å². The monoisotopic (exact) mass is 515 g/mol. The Kier molecular flexibility index (Phi) is 6.23. The number of rotatable bonds is 6. The van der Waals surface area contributed by atoms with Crippen LogP contribution in [0, 0.1) is 0 Å². The summed E-state index contributed by atoms with van der Waals surface area (Å²) in [5, 5.41) is 11.8. The molecule has 11 nitrogen and oxygen atoms in total. The van der Waals surface area contributed by atoms with Crippen molar-refractivity contribution in [3.63, 3.8) is 0 Å². The lowest BCUT2D eigenvalue weighted by Gasteiger charge is -2.23. The minimum atomic E-state index is -1.04. The number of nitrogen functional groups attached to an aromatic ring is 1. The molecule has 0 radical (unpaired) electrons. The minimum absolute atomic E-state index is 0.0256. The van der Waals surface area contributed by atoms with Crippen molar-refractivity contribution in [3.05, 3.63) is 36.0 Å². The number of nitrogens with two attached hydrogens (primary N) is 1. The fraction of sp³-hybridized carbons (Fsp3) is 0.318. The molecule has 4 aromatic rings. The van der Waals surface area contributed by atoms with Gasteiger partial charge in [-0.25, -0.2) is 9.97 Å². The summed E-state index contributed by atoms with van der Waals surface area (Å²) in [6, 6.07) is 8.00. The average Bonchev–Trinajstić information content (AvgIpc) is 3.59. The van der Waals surface area contributed by atoms with E-state index in [1.54, 1.807) is 27.2 Å². The van der Waals surface area contributed by atoms with Crippen molar-refractivity contribution >= 4 is 51.7 Å². The van der Waals surface area contributed by atoms with Gasteiger partial charge in [-0.1, -0.05) is 6.07 Å². The number of anilines is 1. The summed E-state index contributed by atoms with van der Waals surface area (Å²) >= 11 is 3.20. The van der Waals surface area contributed by atoms with E-state index in [0.717, 1.165) is 14.6 Å². The summed E-state index contributed by atoms with van der Waals surface area (Å²) in [4.78, 5) is 39.9. The Hall–Kier alpha value is -3.39. The van der Waals surface area contributed by atoms with Crippen molar-refractivity contribution in [1.82, 2.24) is 19.5 Å². The van der Waals surface area contributed by atoms with Gasteiger partial charge in [0.2, 0.25) is 5.95 Å². The molecule has 0 amide bonds. The van der Waals surface area contributed by atoms with Crippen LogP contribution >= 0.6 is 22.7 Å². The zero-order valence-electron chi connectivity index (χ0n) is 18.7. The van der Waals surface area contributed by atoms with E-state index in [0.29, 0.717) is 16.9 Å². The van der Waals surface area contributed by atoms with Crippen LogP contribution in [-0.2, 0) is 23.8 Å². The number of carbonyl (C=O) groups excluding carboxylic acids is 2. The molecule has 1 fully saturated rings. The van der Waals surface area contributed by atoms with Gasteiger partial charge in [-0.3, -0.25) is 14.2 Å². The highest BCUT2D eigenvalue weighted by Crippen LogP contribution is 2.40. The summed E-state index contributed by atoms with van der Waals surface area (Å²) in [6.45, 7) is 2.01. The molecule has 0 aliphatic carbocycles. The van der Waals surface area contributed by atoms with Crippen molar-refractivity contribution in [3.8, 4) is 20.3 Å². The molecule has 5 heterocycles. The van der Waals surface area contributed by atoms with Crippen molar-refractivity contribution < 1.29 is 28.9 Å². The molecule has 35 heavy (non-hydrogen) atoms. The van der Waals surface area contributed by atoms with Crippen molar-refractivity contribution in [2.45, 2.75) is 38.4 Å². The van der Waals surface area contributed by atoms with Gasteiger partial charge in [0.05, 0.1) is 17.8 Å². The fourth-order valence-electron chi connectivity index (χ4n) is 4.04. The van der Waals surface area contributed by atoms with Crippen LogP contribution in [0.4, 0.5) is 5.95 Å². The zero-order chi connectivity index (χ0) is 24.7. The SMILES string of the molecule is CC(=O)OC1[C@@H](CO)O[C@@H](n2cnc3c(-c4ccc(-c5cccs5)s4)nc(N)nc32)[C@H]1OC(C)=O. The molecule has 182 valence electrons. The molecule has 1 aliphatic heterocycles. The topological polar surface area (TPSA) is 152 Å². The van der Waals surface area contributed by atoms with Gasteiger partial charge in [0.25, 0.3) is 0 Å². The quantitative estimate of drug-likeness (QED) is 0.367. The molecule has 5 rings (SSSR count). The Bertz CT molecular complexity index is 1380. The van der Waals surface area contributed by atoms with Crippen molar-refractivity contribution in [1.29, 1.82) is 0 Å². The van der Waals surface area contributed by atoms with Crippen LogP contribution in [0.3, 0.4) is 0 Å². The number of aromatic nitrogens is 4. The number of hydrogen-bond acceptors (Lipinski definition) is 12. The maximum atomic E-state index is 11.8. The molecule has 0 saturated carbocycles. The number of hydrogen-bond donors (Lipinski definition) is 2. The van der Waals surface area contributed by atoms with Crippen LogP contribution in [0.5, 0.6) is 0 Å². The standard InChI is InChI=1S/C22H21N5O6S2/c1-10(29)31-18-12(8-28)33-21(19(18)32-11(2)30)27-9-24-17-16(25-22(23)26-20(17)27)15-6-5-14(35-15)13-4-3-7-34-13/h3-7,9,12,18-19,21,28H,8H2,1-2H3,(H2,23,25,26)/t12-,18?,19+,21-/m1/s1. The number of thiophene rings is 2. The number of fused-ring (bicyclic) bond motifs is 1. The lowest BCUT2D eigenvalue weighted by molar-refractivity contribution is -0.165. The lowest BCUT2D eigenvalue weighted by Crippen LogP contribution is -2.40. The highest BCUT2D eigenvalue weighted by Gasteiger charge is 2.50. The highest BCUT2D eigenvalue weighted by atomic mass is 32.1. The molecular weight excluding hydrogens is 494 g/mol. The fourth-order valence-corrected chi connectivity index (χ4v) is 5.87. The van der Waals surface area contributed by atoms with E-state index in [4.69, 9.17) is 19.9 Å². The van der Waals surface area contributed by atoms with E-state index in [9.17, 15) is 14.7 Å². The van der Waals surface area contributed by atoms with Gasteiger partial charge in [-0.2, -0.15) is 4.98 Å². The smallest absolute Gasteiger partial charge is 0.303 e. The second-order valence-electron chi connectivity index (χ2n) is 7.79.